The number of nitrogens with one attached hydrogen (secondary N) is 1. The van der Waals surface area contributed by atoms with E-state index in [1.807, 2.05) is 43.3 Å². The number of amides is 2. The molecule has 0 saturated heterocycles. The first kappa shape index (κ1) is 16.7. The van der Waals surface area contributed by atoms with Crippen LogP contribution < -0.4 is 10.2 Å². The minimum Gasteiger partial charge on any atom is -0.349 e. The fraction of sp³-hybridized carbons (Fsp3) is 0.211. The number of carbonyl (C=O) groups is 2. The van der Waals surface area contributed by atoms with Crippen LogP contribution in [0.3, 0.4) is 0 Å². The lowest BCUT2D eigenvalue weighted by Crippen LogP contribution is -2.27. The molecule has 0 spiro atoms. The number of para-hydroxylation sites is 1. The van der Waals surface area contributed by atoms with Crippen molar-refractivity contribution in [3.05, 3.63) is 66.2 Å². The van der Waals surface area contributed by atoms with Gasteiger partial charge < -0.3 is 10.2 Å². The van der Waals surface area contributed by atoms with Crippen molar-refractivity contribution in [2.45, 2.75) is 13.3 Å². The highest BCUT2D eigenvalue weighted by Crippen LogP contribution is 2.19. The summed E-state index contributed by atoms with van der Waals surface area (Å²) >= 11 is 0. The Morgan fingerprint density at radius 3 is 2.56 bits per heavy atom. The number of imidazole rings is 1. The molecule has 0 unspecified atom stereocenters. The summed E-state index contributed by atoms with van der Waals surface area (Å²) in [6, 6.07) is 14.8. The largest absolute Gasteiger partial charge is 0.349 e. The normalized spacial score (nSPS) is 10.6. The first-order valence-corrected chi connectivity index (χ1v) is 8.22. The van der Waals surface area contributed by atoms with Crippen molar-refractivity contribution in [1.29, 1.82) is 0 Å². The predicted molar refractivity (Wildman–Crippen MR) is 97.0 cm³/mol. The van der Waals surface area contributed by atoms with Crippen molar-refractivity contribution in [3.63, 3.8) is 0 Å². The SMILES string of the molecule is CCCNC(=O)c1nc(C(=O)N(C)c2ccccc2)c2ccccn12. The molecule has 6 nitrogen and oxygen atoms in total. The van der Waals surface area contributed by atoms with E-state index in [9.17, 15) is 9.59 Å². The fourth-order valence-corrected chi connectivity index (χ4v) is 2.60. The summed E-state index contributed by atoms with van der Waals surface area (Å²) in [4.78, 5) is 31.2. The van der Waals surface area contributed by atoms with Crippen LogP contribution >= 0.6 is 0 Å². The van der Waals surface area contributed by atoms with Crippen molar-refractivity contribution in [2.75, 3.05) is 18.5 Å². The van der Waals surface area contributed by atoms with E-state index in [0.717, 1.165) is 12.1 Å². The third-order valence-corrected chi connectivity index (χ3v) is 3.94. The fourth-order valence-electron chi connectivity index (χ4n) is 2.60. The van der Waals surface area contributed by atoms with Gasteiger partial charge in [0.1, 0.15) is 0 Å². The van der Waals surface area contributed by atoms with Gasteiger partial charge in [0.25, 0.3) is 11.8 Å². The summed E-state index contributed by atoms with van der Waals surface area (Å²) in [5.41, 5.74) is 1.63. The molecule has 0 aliphatic rings. The molecule has 2 amide bonds. The summed E-state index contributed by atoms with van der Waals surface area (Å²) in [5.74, 6) is -0.331. The molecule has 0 saturated carbocycles. The summed E-state index contributed by atoms with van der Waals surface area (Å²) in [6.07, 6.45) is 2.57. The van der Waals surface area contributed by atoms with Gasteiger partial charge in [0, 0.05) is 25.5 Å². The second-order valence-corrected chi connectivity index (χ2v) is 5.70. The third-order valence-electron chi connectivity index (χ3n) is 3.94. The summed E-state index contributed by atoms with van der Waals surface area (Å²) in [6.45, 7) is 2.54. The zero-order valence-electron chi connectivity index (χ0n) is 14.3. The van der Waals surface area contributed by atoms with Gasteiger partial charge in [-0.2, -0.15) is 0 Å². The van der Waals surface area contributed by atoms with Crippen LogP contribution in [0, 0.1) is 0 Å². The highest BCUT2D eigenvalue weighted by Gasteiger charge is 2.24. The van der Waals surface area contributed by atoms with Gasteiger partial charge in [0.15, 0.2) is 5.69 Å². The predicted octanol–water partition coefficient (Wildman–Crippen LogP) is 2.75. The van der Waals surface area contributed by atoms with Crippen LogP contribution in [0.4, 0.5) is 5.69 Å². The average Bonchev–Trinajstić information content (AvgIpc) is 3.05. The Labute approximate surface area is 146 Å². The molecule has 2 aromatic heterocycles. The Morgan fingerprint density at radius 2 is 1.84 bits per heavy atom. The van der Waals surface area contributed by atoms with Crippen LogP contribution in [0.25, 0.3) is 5.52 Å². The van der Waals surface area contributed by atoms with Crippen LogP contribution in [0.15, 0.2) is 54.7 Å². The van der Waals surface area contributed by atoms with Crippen molar-refractivity contribution in [1.82, 2.24) is 14.7 Å². The minimum atomic E-state index is -0.288. The molecular weight excluding hydrogens is 316 g/mol. The van der Waals surface area contributed by atoms with E-state index in [1.54, 1.807) is 29.8 Å². The molecule has 2 heterocycles. The number of aromatic nitrogens is 2. The lowest BCUT2D eigenvalue weighted by Gasteiger charge is -2.16. The maximum atomic E-state index is 12.9. The van der Waals surface area contributed by atoms with Gasteiger partial charge in [-0.25, -0.2) is 4.98 Å². The number of nitrogens with zero attached hydrogens (tertiary/aromatic N) is 3. The molecule has 128 valence electrons. The van der Waals surface area contributed by atoms with Gasteiger partial charge in [-0.3, -0.25) is 14.0 Å². The van der Waals surface area contributed by atoms with Gasteiger partial charge in [-0.15, -0.1) is 0 Å². The molecule has 1 aromatic carbocycles. The van der Waals surface area contributed by atoms with Crippen LogP contribution in [0.2, 0.25) is 0 Å². The minimum absolute atomic E-state index is 0.217. The van der Waals surface area contributed by atoms with Crippen LogP contribution in [0.1, 0.15) is 34.5 Å². The molecular formula is C19H20N4O2. The Balaban J connectivity index is 2.02. The van der Waals surface area contributed by atoms with Gasteiger partial charge in [0.05, 0.1) is 5.52 Å². The smallest absolute Gasteiger partial charge is 0.287 e. The van der Waals surface area contributed by atoms with E-state index in [0.29, 0.717) is 12.1 Å². The molecule has 0 radical (unpaired) electrons. The maximum absolute atomic E-state index is 12.9. The van der Waals surface area contributed by atoms with Crippen LogP contribution in [0.5, 0.6) is 0 Å². The lowest BCUT2D eigenvalue weighted by molar-refractivity contribution is 0.0942. The number of fused-ring (bicyclic) bond motifs is 1. The second-order valence-electron chi connectivity index (χ2n) is 5.70. The highest BCUT2D eigenvalue weighted by atomic mass is 16.2. The monoisotopic (exact) mass is 336 g/mol. The van der Waals surface area contributed by atoms with E-state index in [-0.39, 0.29) is 23.3 Å². The standard InChI is InChI=1S/C19H20N4O2/c1-3-12-20-18(24)17-21-16(15-11-7-8-13-23(15)17)19(25)22(2)14-9-5-4-6-10-14/h4-11,13H,3,12H2,1-2H3,(H,20,24). The summed E-state index contributed by atoms with van der Waals surface area (Å²) in [5, 5.41) is 2.81. The number of hydrogen-bond acceptors (Lipinski definition) is 3. The molecule has 25 heavy (non-hydrogen) atoms. The second kappa shape index (κ2) is 7.17. The molecule has 0 atom stereocenters. The van der Waals surface area contributed by atoms with Crippen molar-refractivity contribution >= 4 is 23.0 Å². The molecule has 3 rings (SSSR count). The number of hydrogen-bond donors (Lipinski definition) is 1. The quantitative estimate of drug-likeness (QED) is 0.779. The Kier molecular flexibility index (Phi) is 4.79. The molecule has 6 heteroatoms. The van der Waals surface area contributed by atoms with E-state index in [4.69, 9.17) is 0 Å². The molecule has 0 aliphatic heterocycles. The first-order valence-electron chi connectivity index (χ1n) is 8.22. The van der Waals surface area contributed by atoms with Crippen molar-refractivity contribution in [3.8, 4) is 0 Å². The highest BCUT2D eigenvalue weighted by molar-refractivity contribution is 6.10. The average molecular weight is 336 g/mol. The molecule has 3 aromatic rings. The summed E-state index contributed by atoms with van der Waals surface area (Å²) in [7, 11) is 1.70. The summed E-state index contributed by atoms with van der Waals surface area (Å²) < 4.78 is 1.65. The van der Waals surface area contributed by atoms with Gasteiger partial charge in [-0.1, -0.05) is 31.2 Å². The lowest BCUT2D eigenvalue weighted by atomic mass is 10.2. The van der Waals surface area contributed by atoms with Crippen molar-refractivity contribution < 1.29 is 9.59 Å². The van der Waals surface area contributed by atoms with E-state index in [2.05, 4.69) is 10.3 Å². The van der Waals surface area contributed by atoms with E-state index >= 15 is 0 Å². The van der Waals surface area contributed by atoms with Gasteiger partial charge in [-0.05, 0) is 30.7 Å². The van der Waals surface area contributed by atoms with Gasteiger partial charge in [0.2, 0.25) is 5.82 Å². The molecule has 0 bridgehead atoms. The Hall–Kier alpha value is -3.15. The number of benzene rings is 1. The van der Waals surface area contributed by atoms with Crippen LogP contribution in [-0.4, -0.2) is 34.8 Å². The molecule has 1 N–H and O–H groups in total. The topological polar surface area (TPSA) is 66.7 Å². The number of pyridine rings is 1. The zero-order chi connectivity index (χ0) is 17.8. The third kappa shape index (κ3) is 3.24. The Bertz CT molecular complexity index is 902. The first-order chi connectivity index (χ1) is 12.1. The van der Waals surface area contributed by atoms with Gasteiger partial charge >= 0.3 is 0 Å². The van der Waals surface area contributed by atoms with E-state index < -0.39 is 0 Å². The van der Waals surface area contributed by atoms with Crippen molar-refractivity contribution in [2.24, 2.45) is 0 Å². The van der Waals surface area contributed by atoms with Crippen LogP contribution in [-0.2, 0) is 0 Å². The number of carbonyl (C=O) groups excluding carboxylic acids is 2. The van der Waals surface area contributed by atoms with E-state index in [1.165, 1.54) is 4.90 Å². The Morgan fingerprint density at radius 1 is 1.12 bits per heavy atom. The number of rotatable bonds is 5. The molecule has 0 fully saturated rings. The number of anilines is 1. The zero-order valence-corrected chi connectivity index (χ0v) is 14.3. The maximum Gasteiger partial charge on any atom is 0.287 e. The molecule has 0 aliphatic carbocycles.